The molecule has 0 aliphatic rings. The van der Waals surface area contributed by atoms with Crippen molar-refractivity contribution in [3.8, 4) is 0 Å². The van der Waals surface area contributed by atoms with Crippen LogP contribution in [0.15, 0.2) is 48.7 Å². The van der Waals surface area contributed by atoms with Gasteiger partial charge in [0.05, 0.1) is 16.7 Å². The Labute approximate surface area is 147 Å². The van der Waals surface area contributed by atoms with Crippen molar-refractivity contribution in [3.63, 3.8) is 0 Å². The Morgan fingerprint density at radius 3 is 2.50 bits per heavy atom. The van der Waals surface area contributed by atoms with Crippen LogP contribution in [0.1, 0.15) is 16.1 Å². The molecule has 2 aromatic carbocycles. The second kappa shape index (κ2) is 7.22. The number of halogens is 2. The fourth-order valence-electron chi connectivity index (χ4n) is 2.40. The van der Waals surface area contributed by atoms with Crippen LogP contribution in [-0.4, -0.2) is 27.8 Å². The van der Waals surface area contributed by atoms with Crippen LogP contribution < -0.4 is 11.1 Å². The maximum absolute atomic E-state index is 13.3. The van der Waals surface area contributed by atoms with Gasteiger partial charge in [0.15, 0.2) is 11.6 Å². The molecule has 0 aliphatic carbocycles. The molecule has 6 nitrogen and oxygen atoms in total. The standard InChI is InChI=1S/C18H14F2N4O2/c19-12-6-5-10(7-13(12)20)18(26)24-16(17(21)25)8-11-9-22-14-3-1-2-4-15(14)23-11/h1-7,9,16H,8H2,(H2,21,25)(H,24,26)/t16-/m1/s1. The Morgan fingerprint density at radius 2 is 1.81 bits per heavy atom. The van der Waals surface area contributed by atoms with E-state index in [0.29, 0.717) is 16.7 Å². The van der Waals surface area contributed by atoms with E-state index < -0.39 is 29.5 Å². The van der Waals surface area contributed by atoms with E-state index in [-0.39, 0.29) is 12.0 Å². The lowest BCUT2D eigenvalue weighted by Gasteiger charge is -2.15. The number of aromatic nitrogens is 2. The molecule has 0 unspecified atom stereocenters. The number of benzene rings is 2. The van der Waals surface area contributed by atoms with Gasteiger partial charge in [0.25, 0.3) is 5.91 Å². The number of fused-ring (bicyclic) bond motifs is 1. The van der Waals surface area contributed by atoms with Crippen LogP contribution in [0.2, 0.25) is 0 Å². The Bertz CT molecular complexity index is 994. The molecule has 2 amide bonds. The lowest BCUT2D eigenvalue weighted by atomic mass is 10.1. The molecule has 1 heterocycles. The van der Waals surface area contributed by atoms with Gasteiger partial charge in [0.1, 0.15) is 6.04 Å². The van der Waals surface area contributed by atoms with Gasteiger partial charge in [-0.25, -0.2) is 13.8 Å². The molecule has 132 valence electrons. The van der Waals surface area contributed by atoms with Gasteiger partial charge in [-0.15, -0.1) is 0 Å². The zero-order valence-corrected chi connectivity index (χ0v) is 13.4. The number of carbonyl (C=O) groups is 2. The van der Waals surface area contributed by atoms with Crippen molar-refractivity contribution in [1.29, 1.82) is 0 Å². The number of rotatable bonds is 5. The quantitative estimate of drug-likeness (QED) is 0.727. The first-order valence-electron chi connectivity index (χ1n) is 7.70. The van der Waals surface area contributed by atoms with Crippen molar-refractivity contribution in [2.45, 2.75) is 12.5 Å². The van der Waals surface area contributed by atoms with Crippen LogP contribution >= 0.6 is 0 Å². The zero-order valence-electron chi connectivity index (χ0n) is 13.4. The van der Waals surface area contributed by atoms with Gasteiger partial charge < -0.3 is 11.1 Å². The summed E-state index contributed by atoms with van der Waals surface area (Å²) in [6.45, 7) is 0. The zero-order chi connectivity index (χ0) is 18.7. The number of nitrogens with one attached hydrogen (secondary N) is 1. The minimum absolute atomic E-state index is 0.0165. The lowest BCUT2D eigenvalue weighted by Crippen LogP contribution is -2.46. The Kier molecular flexibility index (Phi) is 4.83. The minimum Gasteiger partial charge on any atom is -0.368 e. The number of hydrogen-bond donors (Lipinski definition) is 2. The second-order valence-electron chi connectivity index (χ2n) is 5.61. The Balaban J connectivity index is 1.78. The summed E-state index contributed by atoms with van der Waals surface area (Å²) >= 11 is 0. The highest BCUT2D eigenvalue weighted by Crippen LogP contribution is 2.11. The van der Waals surface area contributed by atoms with E-state index in [0.717, 1.165) is 18.2 Å². The maximum atomic E-state index is 13.3. The van der Waals surface area contributed by atoms with E-state index in [4.69, 9.17) is 5.73 Å². The van der Waals surface area contributed by atoms with Gasteiger partial charge in [0, 0.05) is 18.2 Å². The largest absolute Gasteiger partial charge is 0.368 e. The SMILES string of the molecule is NC(=O)[C@@H](Cc1cnc2ccccc2n1)NC(=O)c1ccc(F)c(F)c1. The fourth-order valence-corrected chi connectivity index (χ4v) is 2.40. The van der Waals surface area contributed by atoms with Gasteiger partial charge in [-0.3, -0.25) is 14.6 Å². The van der Waals surface area contributed by atoms with Crippen molar-refractivity contribution in [3.05, 3.63) is 71.6 Å². The van der Waals surface area contributed by atoms with Crippen molar-refractivity contribution < 1.29 is 18.4 Å². The predicted octanol–water partition coefficient (Wildman–Crippen LogP) is 1.73. The third kappa shape index (κ3) is 3.80. The molecule has 0 radical (unpaired) electrons. The third-order valence-corrected chi connectivity index (χ3v) is 3.74. The van der Waals surface area contributed by atoms with Crippen molar-refractivity contribution in [2.75, 3.05) is 0 Å². The first-order valence-corrected chi connectivity index (χ1v) is 7.70. The van der Waals surface area contributed by atoms with E-state index in [2.05, 4.69) is 15.3 Å². The highest BCUT2D eigenvalue weighted by atomic mass is 19.2. The van der Waals surface area contributed by atoms with E-state index in [1.54, 1.807) is 18.2 Å². The Hall–Kier alpha value is -3.42. The first-order chi connectivity index (χ1) is 12.4. The van der Waals surface area contributed by atoms with Gasteiger partial charge in [-0.05, 0) is 30.3 Å². The number of amides is 2. The molecule has 3 N–H and O–H groups in total. The molecule has 3 rings (SSSR count). The molecule has 3 aromatic rings. The van der Waals surface area contributed by atoms with Crippen molar-refractivity contribution in [1.82, 2.24) is 15.3 Å². The summed E-state index contributed by atoms with van der Waals surface area (Å²) in [5, 5.41) is 2.41. The highest BCUT2D eigenvalue weighted by molar-refractivity contribution is 5.97. The number of carbonyl (C=O) groups excluding carboxylic acids is 2. The number of para-hydroxylation sites is 2. The molecule has 1 atom stereocenters. The molecule has 0 bridgehead atoms. The average molecular weight is 356 g/mol. The molecule has 1 aromatic heterocycles. The molecule has 0 aliphatic heterocycles. The van der Waals surface area contributed by atoms with E-state index in [9.17, 15) is 18.4 Å². The molecule has 0 spiro atoms. The molecule has 0 saturated heterocycles. The van der Waals surface area contributed by atoms with Gasteiger partial charge in [0.2, 0.25) is 5.91 Å². The lowest BCUT2D eigenvalue weighted by molar-refractivity contribution is -0.119. The molecular formula is C18H14F2N4O2. The third-order valence-electron chi connectivity index (χ3n) is 3.74. The van der Waals surface area contributed by atoms with E-state index >= 15 is 0 Å². The number of primary amides is 1. The summed E-state index contributed by atoms with van der Waals surface area (Å²) in [7, 11) is 0. The summed E-state index contributed by atoms with van der Waals surface area (Å²) in [6, 6.07) is 8.81. The van der Waals surface area contributed by atoms with Crippen molar-refractivity contribution >= 4 is 22.8 Å². The van der Waals surface area contributed by atoms with E-state index in [1.165, 1.54) is 6.20 Å². The topological polar surface area (TPSA) is 98.0 Å². The molecule has 8 heteroatoms. The number of nitrogens with two attached hydrogens (primary N) is 1. The summed E-state index contributed by atoms with van der Waals surface area (Å²) in [4.78, 5) is 32.5. The van der Waals surface area contributed by atoms with Crippen LogP contribution in [-0.2, 0) is 11.2 Å². The van der Waals surface area contributed by atoms with Crippen LogP contribution in [0.4, 0.5) is 8.78 Å². The molecular weight excluding hydrogens is 342 g/mol. The summed E-state index contributed by atoms with van der Waals surface area (Å²) in [5.74, 6) is -3.76. The maximum Gasteiger partial charge on any atom is 0.252 e. The van der Waals surface area contributed by atoms with Crippen molar-refractivity contribution in [2.24, 2.45) is 5.73 Å². The first kappa shape index (κ1) is 17.4. The van der Waals surface area contributed by atoms with Crippen LogP contribution in [0.5, 0.6) is 0 Å². The van der Waals surface area contributed by atoms with Crippen LogP contribution in [0, 0.1) is 11.6 Å². The average Bonchev–Trinajstić information content (AvgIpc) is 2.63. The predicted molar refractivity (Wildman–Crippen MR) is 90.0 cm³/mol. The number of hydrogen-bond acceptors (Lipinski definition) is 4. The monoisotopic (exact) mass is 356 g/mol. The summed E-state index contributed by atoms with van der Waals surface area (Å²) in [5.41, 5.74) is 7.00. The molecule has 26 heavy (non-hydrogen) atoms. The van der Waals surface area contributed by atoms with Crippen LogP contribution in [0.3, 0.4) is 0 Å². The van der Waals surface area contributed by atoms with E-state index in [1.807, 2.05) is 6.07 Å². The smallest absolute Gasteiger partial charge is 0.252 e. The summed E-state index contributed by atoms with van der Waals surface area (Å²) in [6.07, 6.45) is 1.50. The normalized spacial score (nSPS) is 11.9. The second-order valence-corrected chi connectivity index (χ2v) is 5.61. The number of nitrogens with zero attached hydrogens (tertiary/aromatic N) is 2. The van der Waals surface area contributed by atoms with Gasteiger partial charge >= 0.3 is 0 Å². The molecule has 0 fully saturated rings. The minimum atomic E-state index is -1.16. The fraction of sp³-hybridized carbons (Fsp3) is 0.111. The van der Waals surface area contributed by atoms with Gasteiger partial charge in [-0.1, -0.05) is 12.1 Å². The highest BCUT2D eigenvalue weighted by Gasteiger charge is 2.21. The van der Waals surface area contributed by atoms with Crippen LogP contribution in [0.25, 0.3) is 11.0 Å². The summed E-state index contributed by atoms with van der Waals surface area (Å²) < 4.78 is 26.2. The van der Waals surface area contributed by atoms with Gasteiger partial charge in [-0.2, -0.15) is 0 Å². The molecule has 0 saturated carbocycles. The Morgan fingerprint density at radius 1 is 1.08 bits per heavy atom.